The van der Waals surface area contributed by atoms with Crippen LogP contribution < -0.4 is 4.90 Å². The van der Waals surface area contributed by atoms with Gasteiger partial charge in [-0.3, -0.25) is 0 Å². The van der Waals surface area contributed by atoms with Crippen LogP contribution in [0.25, 0.3) is 55.6 Å². The van der Waals surface area contributed by atoms with E-state index in [1.165, 1.54) is 108 Å². The zero-order chi connectivity index (χ0) is 43.2. The van der Waals surface area contributed by atoms with E-state index in [-0.39, 0.29) is 10.8 Å². The lowest BCUT2D eigenvalue weighted by Crippen LogP contribution is -2.33. The van der Waals surface area contributed by atoms with Gasteiger partial charge in [0.05, 0.1) is 11.1 Å². The molecule has 9 aromatic rings. The number of nitrogens with zero attached hydrogens (tertiary/aromatic N) is 1. The lowest BCUT2D eigenvalue weighted by Gasteiger charge is -2.42. The minimum Gasteiger partial charge on any atom is -0.310 e. The first-order chi connectivity index (χ1) is 31.2. The van der Waals surface area contributed by atoms with Crippen molar-refractivity contribution < 1.29 is 0 Å². The van der Waals surface area contributed by atoms with E-state index in [1.807, 2.05) is 0 Å². The normalized spacial score (nSPS) is 15.4. The SMILES string of the molecule is CC1(C)CCC(C)(C)c2cc(-c3cc4c(cc3N(c3ccccc3)c3ccc(-c5ccc(-c6ccccc6)cc5)cc3)C3(c5ccccc5-c5ccccc53)c3ccccc3-4)ccc21. The van der Waals surface area contributed by atoms with E-state index in [9.17, 15) is 0 Å². The highest BCUT2D eigenvalue weighted by Gasteiger charge is 2.52. The molecule has 0 aliphatic heterocycles. The van der Waals surface area contributed by atoms with Crippen molar-refractivity contribution in [2.75, 3.05) is 4.90 Å². The van der Waals surface area contributed by atoms with Crippen LogP contribution in [0.2, 0.25) is 0 Å². The van der Waals surface area contributed by atoms with E-state index in [0.717, 1.165) is 11.4 Å². The summed E-state index contributed by atoms with van der Waals surface area (Å²) in [5.41, 5.74) is 24.1. The third-order valence-electron chi connectivity index (χ3n) is 15.0. The van der Waals surface area contributed by atoms with Gasteiger partial charge in [0.1, 0.15) is 0 Å². The van der Waals surface area contributed by atoms with Gasteiger partial charge in [-0.05, 0) is 144 Å². The number of anilines is 3. The molecule has 1 spiro atoms. The lowest BCUT2D eigenvalue weighted by molar-refractivity contribution is 0.332. The second kappa shape index (κ2) is 14.4. The predicted molar refractivity (Wildman–Crippen MR) is 269 cm³/mol. The minimum absolute atomic E-state index is 0.0694. The lowest BCUT2D eigenvalue weighted by atomic mass is 9.63. The van der Waals surface area contributed by atoms with Crippen molar-refractivity contribution in [2.24, 2.45) is 0 Å². The molecule has 0 amide bonds. The molecule has 0 bridgehead atoms. The van der Waals surface area contributed by atoms with Gasteiger partial charge in [-0.15, -0.1) is 0 Å². The van der Waals surface area contributed by atoms with Crippen LogP contribution >= 0.6 is 0 Å². The summed E-state index contributed by atoms with van der Waals surface area (Å²) in [6.45, 7) is 9.73. The van der Waals surface area contributed by atoms with Gasteiger partial charge in [0.15, 0.2) is 0 Å². The van der Waals surface area contributed by atoms with Gasteiger partial charge in [-0.1, -0.05) is 204 Å². The van der Waals surface area contributed by atoms with Crippen LogP contribution in [0.3, 0.4) is 0 Å². The first-order valence-electron chi connectivity index (χ1n) is 23.0. The molecule has 1 heteroatoms. The number of para-hydroxylation sites is 1. The van der Waals surface area contributed by atoms with Crippen molar-refractivity contribution in [3.63, 3.8) is 0 Å². The van der Waals surface area contributed by atoms with Crippen LogP contribution in [-0.2, 0) is 16.2 Å². The fourth-order valence-electron chi connectivity index (χ4n) is 11.6. The van der Waals surface area contributed by atoms with Gasteiger partial charge in [-0.25, -0.2) is 0 Å². The third-order valence-corrected chi connectivity index (χ3v) is 15.0. The van der Waals surface area contributed by atoms with E-state index in [2.05, 4.69) is 245 Å². The number of benzene rings is 9. The third kappa shape index (κ3) is 5.77. The van der Waals surface area contributed by atoms with E-state index in [0.29, 0.717) is 0 Å². The van der Waals surface area contributed by atoms with Crippen molar-refractivity contribution in [3.05, 3.63) is 246 Å². The van der Waals surface area contributed by atoms with E-state index >= 15 is 0 Å². The Hall–Kier alpha value is -7.22. The standard InChI is InChI=1S/C63H51N/c1-61(2)37-38-62(3,4)59-39-46(33-36-57(59)61)52-40-53-51-23-13-16-26-56(51)63(54-24-14-11-21-49(54)50-22-12-15-25-55(50)63)58(53)41-60(52)64(47-19-9-6-10-20-47)48-34-31-45(32-35-48)44-29-27-43(28-30-44)42-17-7-5-8-18-42/h5-36,39-41H,37-38H2,1-4H3. The van der Waals surface area contributed by atoms with Gasteiger partial charge in [0.25, 0.3) is 0 Å². The Morgan fingerprint density at radius 1 is 0.297 bits per heavy atom. The molecule has 0 unspecified atom stereocenters. The molecule has 0 radical (unpaired) electrons. The molecule has 0 saturated heterocycles. The number of rotatable bonds is 6. The van der Waals surface area contributed by atoms with Gasteiger partial charge in [-0.2, -0.15) is 0 Å². The summed E-state index contributed by atoms with van der Waals surface area (Å²) in [4.78, 5) is 2.51. The summed E-state index contributed by atoms with van der Waals surface area (Å²) < 4.78 is 0. The Bertz CT molecular complexity index is 3200. The largest absolute Gasteiger partial charge is 0.310 e. The molecule has 1 nitrogen and oxygen atoms in total. The molecule has 9 aromatic carbocycles. The number of fused-ring (bicyclic) bond motifs is 11. The summed E-state index contributed by atoms with van der Waals surface area (Å²) in [5, 5.41) is 0. The van der Waals surface area contributed by atoms with Crippen molar-refractivity contribution in [2.45, 2.75) is 56.8 Å². The molecule has 0 saturated carbocycles. The Kier molecular flexibility index (Phi) is 8.66. The van der Waals surface area contributed by atoms with E-state index < -0.39 is 5.41 Å². The molecule has 0 heterocycles. The highest BCUT2D eigenvalue weighted by molar-refractivity contribution is 6.00. The van der Waals surface area contributed by atoms with Gasteiger partial charge >= 0.3 is 0 Å². The highest BCUT2D eigenvalue weighted by atomic mass is 15.1. The van der Waals surface area contributed by atoms with Crippen LogP contribution in [0.15, 0.2) is 212 Å². The first kappa shape index (κ1) is 38.5. The molecule has 64 heavy (non-hydrogen) atoms. The molecular formula is C63H51N. The van der Waals surface area contributed by atoms with Crippen LogP contribution in [-0.4, -0.2) is 0 Å². The molecule has 0 fully saturated rings. The monoisotopic (exact) mass is 821 g/mol. The molecular weight excluding hydrogens is 771 g/mol. The molecule has 3 aliphatic carbocycles. The topological polar surface area (TPSA) is 3.24 Å². The second-order valence-corrected chi connectivity index (χ2v) is 19.5. The van der Waals surface area contributed by atoms with E-state index in [4.69, 9.17) is 0 Å². The molecule has 308 valence electrons. The summed E-state index contributed by atoms with van der Waals surface area (Å²) >= 11 is 0. The predicted octanol–water partition coefficient (Wildman–Crippen LogP) is 16.8. The molecule has 12 rings (SSSR count). The highest BCUT2D eigenvalue weighted by Crippen LogP contribution is 2.64. The fraction of sp³-hybridized carbons (Fsp3) is 0.143. The maximum atomic E-state index is 2.57. The van der Waals surface area contributed by atoms with Gasteiger partial charge in [0, 0.05) is 16.9 Å². The Labute approximate surface area is 378 Å². The van der Waals surface area contributed by atoms with Crippen molar-refractivity contribution in [1.29, 1.82) is 0 Å². The fourth-order valence-corrected chi connectivity index (χ4v) is 11.6. The molecule has 0 atom stereocenters. The molecule has 3 aliphatic rings. The van der Waals surface area contributed by atoms with Crippen molar-refractivity contribution in [1.82, 2.24) is 0 Å². The average Bonchev–Trinajstić information content (AvgIpc) is 3.80. The maximum absolute atomic E-state index is 2.57. The van der Waals surface area contributed by atoms with Crippen LogP contribution in [0.4, 0.5) is 17.1 Å². The maximum Gasteiger partial charge on any atom is 0.0726 e. The van der Waals surface area contributed by atoms with Crippen LogP contribution in [0, 0.1) is 0 Å². The zero-order valence-corrected chi connectivity index (χ0v) is 37.1. The summed E-state index contributed by atoms with van der Waals surface area (Å²) in [5.74, 6) is 0. The Balaban J connectivity index is 1.11. The van der Waals surface area contributed by atoms with Gasteiger partial charge in [0.2, 0.25) is 0 Å². The van der Waals surface area contributed by atoms with E-state index in [1.54, 1.807) is 0 Å². The summed E-state index contributed by atoms with van der Waals surface area (Å²) in [6.07, 6.45) is 2.35. The summed E-state index contributed by atoms with van der Waals surface area (Å²) in [6, 6.07) is 79.7. The second-order valence-electron chi connectivity index (χ2n) is 19.5. The van der Waals surface area contributed by atoms with Crippen LogP contribution in [0.5, 0.6) is 0 Å². The molecule has 0 aromatic heterocycles. The Morgan fingerprint density at radius 2 is 0.719 bits per heavy atom. The smallest absolute Gasteiger partial charge is 0.0726 e. The van der Waals surface area contributed by atoms with Crippen molar-refractivity contribution >= 4 is 17.1 Å². The van der Waals surface area contributed by atoms with Crippen molar-refractivity contribution in [3.8, 4) is 55.6 Å². The number of hydrogen-bond donors (Lipinski definition) is 0. The van der Waals surface area contributed by atoms with Crippen LogP contribution in [0.1, 0.15) is 73.9 Å². The Morgan fingerprint density at radius 3 is 1.28 bits per heavy atom. The first-order valence-corrected chi connectivity index (χ1v) is 23.0. The summed E-state index contributed by atoms with van der Waals surface area (Å²) in [7, 11) is 0. The zero-order valence-electron chi connectivity index (χ0n) is 37.1. The van der Waals surface area contributed by atoms with Gasteiger partial charge < -0.3 is 4.90 Å². The average molecular weight is 822 g/mol. The number of hydrogen-bond acceptors (Lipinski definition) is 1. The minimum atomic E-state index is -0.466. The molecule has 0 N–H and O–H groups in total. The quantitative estimate of drug-likeness (QED) is 0.161.